The normalized spacial score (nSPS) is 10.9. The Morgan fingerprint density at radius 3 is 2.62 bits per heavy atom. The van der Waals surface area contributed by atoms with Gasteiger partial charge in [0, 0.05) is 24.8 Å². The largest absolute Gasteiger partial charge is 0.465 e. The number of furan rings is 1. The molecule has 0 bridgehead atoms. The number of anilines is 1. The SMILES string of the molecule is CCCNCc1cc(CN(C)c2ccc(F)cc2)c(C)o1. The van der Waals surface area contributed by atoms with Crippen molar-refractivity contribution in [3.8, 4) is 0 Å². The maximum absolute atomic E-state index is 13.0. The highest BCUT2D eigenvalue weighted by Gasteiger charge is 2.10. The van der Waals surface area contributed by atoms with E-state index in [1.165, 1.54) is 12.1 Å². The Balaban J connectivity index is 2.00. The minimum absolute atomic E-state index is 0.212. The van der Waals surface area contributed by atoms with E-state index in [2.05, 4.69) is 23.2 Å². The quantitative estimate of drug-likeness (QED) is 0.785. The van der Waals surface area contributed by atoms with Crippen LogP contribution in [0.15, 0.2) is 34.7 Å². The maximum atomic E-state index is 13.0. The average molecular weight is 290 g/mol. The van der Waals surface area contributed by atoms with Gasteiger partial charge in [0.1, 0.15) is 17.3 Å². The molecule has 1 aromatic heterocycles. The molecule has 0 unspecified atom stereocenters. The van der Waals surface area contributed by atoms with Gasteiger partial charge in [-0.2, -0.15) is 0 Å². The molecule has 0 amide bonds. The van der Waals surface area contributed by atoms with Gasteiger partial charge in [0.05, 0.1) is 6.54 Å². The molecule has 0 fully saturated rings. The molecule has 1 heterocycles. The van der Waals surface area contributed by atoms with Gasteiger partial charge in [-0.1, -0.05) is 6.92 Å². The van der Waals surface area contributed by atoms with Crippen LogP contribution in [0.3, 0.4) is 0 Å². The third-order valence-corrected chi connectivity index (χ3v) is 3.47. The predicted molar refractivity (Wildman–Crippen MR) is 83.9 cm³/mol. The van der Waals surface area contributed by atoms with Gasteiger partial charge in [-0.15, -0.1) is 0 Å². The predicted octanol–water partition coefficient (Wildman–Crippen LogP) is 3.86. The van der Waals surface area contributed by atoms with E-state index < -0.39 is 0 Å². The molecular weight excluding hydrogens is 267 g/mol. The van der Waals surface area contributed by atoms with E-state index >= 15 is 0 Å². The van der Waals surface area contributed by atoms with Crippen LogP contribution in [0, 0.1) is 12.7 Å². The van der Waals surface area contributed by atoms with E-state index in [0.717, 1.165) is 48.8 Å². The topological polar surface area (TPSA) is 28.4 Å². The zero-order valence-corrected chi connectivity index (χ0v) is 12.9. The Morgan fingerprint density at radius 1 is 1.24 bits per heavy atom. The lowest BCUT2D eigenvalue weighted by Gasteiger charge is -2.18. The Hall–Kier alpha value is -1.81. The Morgan fingerprint density at radius 2 is 1.95 bits per heavy atom. The highest BCUT2D eigenvalue weighted by Crippen LogP contribution is 2.20. The molecule has 0 saturated heterocycles. The first-order valence-corrected chi connectivity index (χ1v) is 7.35. The molecule has 0 aliphatic carbocycles. The number of rotatable bonds is 7. The van der Waals surface area contributed by atoms with Crippen LogP contribution in [-0.4, -0.2) is 13.6 Å². The van der Waals surface area contributed by atoms with E-state index in [1.807, 2.05) is 14.0 Å². The van der Waals surface area contributed by atoms with Crippen LogP contribution in [0.25, 0.3) is 0 Å². The minimum atomic E-state index is -0.212. The number of benzene rings is 1. The smallest absolute Gasteiger partial charge is 0.123 e. The van der Waals surface area contributed by atoms with Gasteiger partial charge < -0.3 is 14.6 Å². The fraction of sp³-hybridized carbons (Fsp3) is 0.412. The third-order valence-electron chi connectivity index (χ3n) is 3.47. The minimum Gasteiger partial charge on any atom is -0.465 e. The van der Waals surface area contributed by atoms with Crippen molar-refractivity contribution < 1.29 is 8.81 Å². The molecule has 3 nitrogen and oxygen atoms in total. The molecule has 1 N–H and O–H groups in total. The molecule has 0 aliphatic heterocycles. The number of nitrogens with one attached hydrogen (secondary N) is 1. The van der Waals surface area contributed by atoms with E-state index in [1.54, 1.807) is 12.1 Å². The lowest BCUT2D eigenvalue weighted by Crippen LogP contribution is -2.16. The summed E-state index contributed by atoms with van der Waals surface area (Å²) in [6, 6.07) is 8.63. The molecule has 0 atom stereocenters. The molecule has 4 heteroatoms. The summed E-state index contributed by atoms with van der Waals surface area (Å²) in [5.74, 6) is 1.69. The summed E-state index contributed by atoms with van der Waals surface area (Å²) in [5.41, 5.74) is 2.15. The number of hydrogen-bond donors (Lipinski definition) is 1. The van der Waals surface area contributed by atoms with Crippen molar-refractivity contribution in [3.63, 3.8) is 0 Å². The molecule has 0 spiro atoms. The van der Waals surface area contributed by atoms with Crippen molar-refractivity contribution in [2.45, 2.75) is 33.4 Å². The van der Waals surface area contributed by atoms with Crippen LogP contribution < -0.4 is 10.2 Å². The van der Waals surface area contributed by atoms with Gasteiger partial charge in [0.25, 0.3) is 0 Å². The summed E-state index contributed by atoms with van der Waals surface area (Å²) >= 11 is 0. The van der Waals surface area contributed by atoms with E-state index in [-0.39, 0.29) is 5.82 Å². The zero-order chi connectivity index (χ0) is 15.2. The molecule has 0 saturated carbocycles. The zero-order valence-electron chi connectivity index (χ0n) is 12.9. The van der Waals surface area contributed by atoms with Gasteiger partial charge in [-0.3, -0.25) is 0 Å². The van der Waals surface area contributed by atoms with Crippen LogP contribution >= 0.6 is 0 Å². The summed E-state index contributed by atoms with van der Waals surface area (Å²) in [6.07, 6.45) is 1.11. The fourth-order valence-electron chi connectivity index (χ4n) is 2.26. The summed E-state index contributed by atoms with van der Waals surface area (Å²) in [7, 11) is 1.99. The summed E-state index contributed by atoms with van der Waals surface area (Å²) in [6.45, 7) is 6.62. The summed E-state index contributed by atoms with van der Waals surface area (Å²) < 4.78 is 18.7. The highest BCUT2D eigenvalue weighted by atomic mass is 19.1. The van der Waals surface area contributed by atoms with Crippen LogP contribution in [0.4, 0.5) is 10.1 Å². The number of hydrogen-bond acceptors (Lipinski definition) is 3. The van der Waals surface area contributed by atoms with Crippen molar-refractivity contribution >= 4 is 5.69 Å². The van der Waals surface area contributed by atoms with E-state index in [0.29, 0.717) is 0 Å². The average Bonchev–Trinajstić information content (AvgIpc) is 2.80. The molecule has 21 heavy (non-hydrogen) atoms. The summed E-state index contributed by atoms with van der Waals surface area (Å²) in [5, 5.41) is 3.33. The maximum Gasteiger partial charge on any atom is 0.123 e. The Bertz CT molecular complexity index is 563. The first-order valence-electron chi connectivity index (χ1n) is 7.35. The molecule has 0 aliphatic rings. The first kappa shape index (κ1) is 15.6. The molecular formula is C17H23FN2O. The van der Waals surface area contributed by atoms with E-state index in [4.69, 9.17) is 4.42 Å². The van der Waals surface area contributed by atoms with Crippen LogP contribution in [-0.2, 0) is 13.1 Å². The van der Waals surface area contributed by atoms with Gasteiger partial charge in [-0.05, 0) is 50.2 Å². The molecule has 2 rings (SSSR count). The monoisotopic (exact) mass is 290 g/mol. The number of halogens is 1. The fourth-order valence-corrected chi connectivity index (χ4v) is 2.26. The Kier molecular flexibility index (Phi) is 5.39. The third kappa shape index (κ3) is 4.33. The van der Waals surface area contributed by atoms with E-state index in [9.17, 15) is 4.39 Å². The van der Waals surface area contributed by atoms with Crippen molar-refractivity contribution in [3.05, 3.63) is 53.2 Å². The van der Waals surface area contributed by atoms with Gasteiger partial charge in [0.15, 0.2) is 0 Å². The first-order chi connectivity index (χ1) is 10.1. The Labute approximate surface area is 125 Å². The van der Waals surface area contributed by atoms with Crippen molar-refractivity contribution in [2.24, 2.45) is 0 Å². The second kappa shape index (κ2) is 7.27. The van der Waals surface area contributed by atoms with Gasteiger partial charge >= 0.3 is 0 Å². The van der Waals surface area contributed by atoms with Crippen molar-refractivity contribution in [1.29, 1.82) is 0 Å². The standard InChI is InChI=1S/C17H23FN2O/c1-4-9-19-11-17-10-14(13(2)21-17)12-20(3)16-7-5-15(18)6-8-16/h5-8,10,19H,4,9,11-12H2,1-3H3. The van der Waals surface area contributed by atoms with Crippen LogP contribution in [0.5, 0.6) is 0 Å². The summed E-state index contributed by atoms with van der Waals surface area (Å²) in [4.78, 5) is 2.08. The van der Waals surface area contributed by atoms with Crippen molar-refractivity contribution in [2.75, 3.05) is 18.5 Å². The van der Waals surface area contributed by atoms with Crippen LogP contribution in [0.1, 0.15) is 30.4 Å². The molecule has 0 radical (unpaired) electrons. The van der Waals surface area contributed by atoms with Crippen molar-refractivity contribution in [1.82, 2.24) is 5.32 Å². The highest BCUT2D eigenvalue weighted by molar-refractivity contribution is 5.46. The number of nitrogens with zero attached hydrogens (tertiary/aromatic N) is 1. The second-order valence-corrected chi connectivity index (χ2v) is 5.30. The lowest BCUT2D eigenvalue weighted by atomic mass is 10.2. The molecule has 114 valence electrons. The van der Waals surface area contributed by atoms with Gasteiger partial charge in [0.2, 0.25) is 0 Å². The molecule has 1 aromatic carbocycles. The number of aryl methyl sites for hydroxylation is 1. The lowest BCUT2D eigenvalue weighted by molar-refractivity contribution is 0.460. The van der Waals surface area contributed by atoms with Crippen LogP contribution in [0.2, 0.25) is 0 Å². The molecule has 2 aromatic rings. The second-order valence-electron chi connectivity index (χ2n) is 5.30. The van der Waals surface area contributed by atoms with Gasteiger partial charge in [-0.25, -0.2) is 4.39 Å².